The first-order valence-corrected chi connectivity index (χ1v) is 8.45. The summed E-state index contributed by atoms with van der Waals surface area (Å²) in [5, 5.41) is 7.20. The monoisotopic (exact) mass is 342 g/mol. The fraction of sp³-hybridized carbons (Fsp3) is 0.389. The van der Waals surface area contributed by atoms with Crippen molar-refractivity contribution < 1.29 is 9.53 Å². The Morgan fingerprint density at radius 3 is 2.72 bits per heavy atom. The van der Waals surface area contributed by atoms with Crippen molar-refractivity contribution >= 4 is 22.5 Å². The molecule has 0 aliphatic carbocycles. The number of aromatic nitrogens is 3. The number of methoxy groups -OCH3 is 1. The lowest BCUT2D eigenvalue weighted by Crippen LogP contribution is -2.24. The topological polar surface area (TPSA) is 77.6 Å². The molecule has 25 heavy (non-hydrogen) atoms. The zero-order valence-corrected chi connectivity index (χ0v) is 14.5. The van der Waals surface area contributed by atoms with Gasteiger partial charge in [0.05, 0.1) is 17.6 Å². The maximum absolute atomic E-state index is 12.9. The Bertz CT molecular complexity index is 958. The molecule has 7 nitrogen and oxygen atoms in total. The second-order valence-electron chi connectivity index (χ2n) is 5.87. The van der Waals surface area contributed by atoms with Gasteiger partial charge in [0.1, 0.15) is 5.52 Å². The number of unbranched alkanes of at least 4 members (excludes halogenated alkanes) is 1. The summed E-state index contributed by atoms with van der Waals surface area (Å²) in [5.41, 5.74) is 1.99. The molecule has 1 aromatic carbocycles. The van der Waals surface area contributed by atoms with E-state index in [4.69, 9.17) is 4.74 Å². The van der Waals surface area contributed by atoms with Crippen LogP contribution in [0.2, 0.25) is 0 Å². The molecule has 1 amide bonds. The molecule has 0 aliphatic rings. The summed E-state index contributed by atoms with van der Waals surface area (Å²) in [6.45, 7) is 3.53. The van der Waals surface area contributed by atoms with Crippen molar-refractivity contribution in [3.8, 4) is 0 Å². The Kier molecular flexibility index (Phi) is 5.14. The van der Waals surface area contributed by atoms with Crippen molar-refractivity contribution in [2.24, 2.45) is 0 Å². The number of carbonyl (C=O) groups is 1. The van der Waals surface area contributed by atoms with Crippen LogP contribution in [0, 0.1) is 0 Å². The van der Waals surface area contributed by atoms with Crippen LogP contribution < -0.4 is 10.9 Å². The number of ether oxygens (including phenoxy) is 1. The van der Waals surface area contributed by atoms with Gasteiger partial charge in [-0.15, -0.1) is 0 Å². The van der Waals surface area contributed by atoms with E-state index in [-0.39, 0.29) is 17.2 Å². The number of fused-ring (bicyclic) bond motifs is 3. The van der Waals surface area contributed by atoms with Crippen molar-refractivity contribution in [3.63, 3.8) is 0 Å². The van der Waals surface area contributed by atoms with Crippen LogP contribution in [0.3, 0.4) is 0 Å². The third-order valence-electron chi connectivity index (χ3n) is 4.14. The van der Waals surface area contributed by atoms with Crippen LogP contribution in [0.4, 0.5) is 0 Å². The maximum Gasteiger partial charge on any atom is 0.277 e. The Labute approximate surface area is 145 Å². The van der Waals surface area contributed by atoms with E-state index in [1.165, 1.54) is 0 Å². The molecule has 0 unspecified atom stereocenters. The van der Waals surface area contributed by atoms with Crippen LogP contribution in [0.1, 0.15) is 30.3 Å². The number of amides is 1. The predicted molar refractivity (Wildman–Crippen MR) is 96.1 cm³/mol. The second kappa shape index (κ2) is 7.48. The number of benzene rings is 1. The van der Waals surface area contributed by atoms with E-state index in [0.29, 0.717) is 25.2 Å². The maximum atomic E-state index is 12.9. The van der Waals surface area contributed by atoms with E-state index < -0.39 is 0 Å². The standard InChI is InChI=1S/C18H22N4O3/c1-3-4-9-19-17(23)13-12-16-18(24)21(10-11-25-2)14-7-5-6-8-15(14)22(16)20-13/h5-8,12H,3-4,9-11H2,1-2H3,(H,19,23). The van der Waals surface area contributed by atoms with E-state index >= 15 is 0 Å². The molecule has 0 atom stereocenters. The lowest BCUT2D eigenvalue weighted by Gasteiger charge is -2.11. The van der Waals surface area contributed by atoms with Crippen LogP contribution in [0.15, 0.2) is 35.1 Å². The van der Waals surface area contributed by atoms with Gasteiger partial charge in [-0.05, 0) is 18.6 Å². The van der Waals surface area contributed by atoms with E-state index in [0.717, 1.165) is 23.9 Å². The molecule has 0 spiro atoms. The smallest absolute Gasteiger partial charge is 0.277 e. The van der Waals surface area contributed by atoms with Crippen molar-refractivity contribution in [1.82, 2.24) is 19.5 Å². The van der Waals surface area contributed by atoms with Gasteiger partial charge in [-0.25, -0.2) is 4.52 Å². The number of nitrogens with one attached hydrogen (secondary N) is 1. The summed E-state index contributed by atoms with van der Waals surface area (Å²) in [6, 6.07) is 9.07. The first kappa shape index (κ1) is 17.2. The summed E-state index contributed by atoms with van der Waals surface area (Å²) in [6.07, 6.45) is 1.91. The van der Waals surface area contributed by atoms with Gasteiger partial charge in [0, 0.05) is 26.3 Å². The summed E-state index contributed by atoms with van der Waals surface area (Å²) in [7, 11) is 1.60. The second-order valence-corrected chi connectivity index (χ2v) is 5.87. The number of rotatable bonds is 7. The average Bonchev–Trinajstić information content (AvgIpc) is 3.08. The van der Waals surface area contributed by atoms with Gasteiger partial charge in [-0.1, -0.05) is 25.5 Å². The van der Waals surface area contributed by atoms with Crippen LogP contribution in [0.25, 0.3) is 16.6 Å². The summed E-state index contributed by atoms with van der Waals surface area (Å²) < 4.78 is 8.33. The Balaban J connectivity index is 2.12. The Morgan fingerprint density at radius 2 is 2.00 bits per heavy atom. The van der Waals surface area contributed by atoms with E-state index in [9.17, 15) is 9.59 Å². The highest BCUT2D eigenvalue weighted by Crippen LogP contribution is 2.15. The fourth-order valence-corrected chi connectivity index (χ4v) is 2.82. The highest BCUT2D eigenvalue weighted by atomic mass is 16.5. The minimum atomic E-state index is -0.260. The van der Waals surface area contributed by atoms with Gasteiger partial charge in [-0.3, -0.25) is 9.59 Å². The van der Waals surface area contributed by atoms with Gasteiger partial charge in [-0.2, -0.15) is 5.10 Å². The summed E-state index contributed by atoms with van der Waals surface area (Å²) in [4.78, 5) is 25.1. The van der Waals surface area contributed by atoms with Crippen LogP contribution in [-0.2, 0) is 11.3 Å². The third kappa shape index (κ3) is 3.28. The lowest BCUT2D eigenvalue weighted by molar-refractivity contribution is 0.0948. The molecule has 0 aliphatic heterocycles. The SMILES string of the molecule is CCCCNC(=O)c1cc2c(=O)n(CCOC)c3ccccc3n2n1. The van der Waals surface area contributed by atoms with E-state index in [2.05, 4.69) is 17.3 Å². The van der Waals surface area contributed by atoms with Crippen molar-refractivity contribution in [1.29, 1.82) is 0 Å². The predicted octanol–water partition coefficient (Wildman–Crippen LogP) is 1.83. The molecule has 3 aromatic rings. The van der Waals surface area contributed by atoms with E-state index in [1.54, 1.807) is 22.3 Å². The quantitative estimate of drug-likeness (QED) is 0.665. The molecule has 7 heteroatoms. The fourth-order valence-electron chi connectivity index (χ4n) is 2.82. The van der Waals surface area contributed by atoms with Gasteiger partial charge >= 0.3 is 0 Å². The lowest BCUT2D eigenvalue weighted by atomic mass is 10.2. The summed E-state index contributed by atoms with van der Waals surface area (Å²) >= 11 is 0. The largest absolute Gasteiger partial charge is 0.383 e. The molecule has 0 saturated heterocycles. The summed E-state index contributed by atoms with van der Waals surface area (Å²) in [5.74, 6) is -0.260. The molecule has 3 rings (SSSR count). The molecular formula is C18H22N4O3. The molecule has 2 aromatic heterocycles. The zero-order valence-electron chi connectivity index (χ0n) is 14.5. The number of carbonyl (C=O) groups excluding carboxylic acids is 1. The third-order valence-corrected chi connectivity index (χ3v) is 4.14. The van der Waals surface area contributed by atoms with Gasteiger partial charge < -0.3 is 14.6 Å². The number of hydrogen-bond donors (Lipinski definition) is 1. The Hall–Kier alpha value is -2.67. The Morgan fingerprint density at radius 1 is 1.24 bits per heavy atom. The average molecular weight is 342 g/mol. The normalized spacial score (nSPS) is 11.3. The van der Waals surface area contributed by atoms with Crippen LogP contribution >= 0.6 is 0 Å². The van der Waals surface area contributed by atoms with Gasteiger partial charge in [0.2, 0.25) is 0 Å². The molecule has 2 heterocycles. The van der Waals surface area contributed by atoms with Gasteiger partial charge in [0.25, 0.3) is 11.5 Å². The molecule has 1 N–H and O–H groups in total. The van der Waals surface area contributed by atoms with Crippen LogP contribution in [0.5, 0.6) is 0 Å². The highest BCUT2D eigenvalue weighted by molar-refractivity contribution is 5.94. The van der Waals surface area contributed by atoms with Gasteiger partial charge in [0.15, 0.2) is 5.69 Å². The number of hydrogen-bond acceptors (Lipinski definition) is 4. The molecule has 0 saturated carbocycles. The first-order valence-electron chi connectivity index (χ1n) is 8.45. The van der Waals surface area contributed by atoms with E-state index in [1.807, 2.05) is 24.3 Å². The van der Waals surface area contributed by atoms with Crippen molar-refractivity contribution in [3.05, 3.63) is 46.4 Å². The molecule has 0 bridgehead atoms. The zero-order chi connectivity index (χ0) is 17.8. The number of para-hydroxylation sites is 2. The van der Waals surface area contributed by atoms with Crippen molar-refractivity contribution in [2.75, 3.05) is 20.3 Å². The van der Waals surface area contributed by atoms with Crippen LogP contribution in [-0.4, -0.2) is 40.3 Å². The minimum absolute atomic E-state index is 0.184. The molecular weight excluding hydrogens is 320 g/mol. The number of nitrogens with zero attached hydrogens (tertiary/aromatic N) is 3. The molecule has 0 radical (unpaired) electrons. The molecule has 132 valence electrons. The molecule has 0 fully saturated rings. The first-order chi connectivity index (χ1) is 12.2. The highest BCUT2D eigenvalue weighted by Gasteiger charge is 2.16. The van der Waals surface area contributed by atoms with Crippen molar-refractivity contribution in [2.45, 2.75) is 26.3 Å². The minimum Gasteiger partial charge on any atom is -0.383 e.